The van der Waals surface area contributed by atoms with E-state index in [1.54, 1.807) is 0 Å². The molecule has 0 spiro atoms. The van der Waals surface area contributed by atoms with Crippen molar-refractivity contribution in [3.05, 3.63) is 70.8 Å². The molecule has 0 aromatic heterocycles. The summed E-state index contributed by atoms with van der Waals surface area (Å²) in [6, 6.07) is 11.7. The summed E-state index contributed by atoms with van der Waals surface area (Å²) in [5, 5.41) is 3.35. The first-order chi connectivity index (χ1) is 9.49. The molecule has 1 N–H and O–H groups in total. The maximum Gasteiger partial charge on any atom is 0.130 e. The van der Waals surface area contributed by atoms with Crippen LogP contribution in [-0.2, 0) is 0 Å². The second-order valence-corrected chi connectivity index (χ2v) is 5.13. The van der Waals surface area contributed by atoms with Gasteiger partial charge in [-0.25, -0.2) is 8.78 Å². The second kappa shape index (κ2) is 6.14. The number of halogens is 2. The van der Waals surface area contributed by atoms with Crippen molar-refractivity contribution in [3.8, 4) is 0 Å². The van der Waals surface area contributed by atoms with Crippen LogP contribution in [0, 0.1) is 18.6 Å². The topological polar surface area (TPSA) is 12.0 Å². The molecule has 0 aliphatic carbocycles. The average molecular weight is 275 g/mol. The molecule has 2 atom stereocenters. The van der Waals surface area contributed by atoms with Crippen LogP contribution in [0.2, 0.25) is 0 Å². The largest absolute Gasteiger partial charge is 0.304 e. The Balaban J connectivity index is 2.15. The van der Waals surface area contributed by atoms with Crippen molar-refractivity contribution in [3.63, 3.8) is 0 Å². The molecule has 1 nitrogen and oxygen atoms in total. The summed E-state index contributed by atoms with van der Waals surface area (Å²) in [6.45, 7) is 5.97. The van der Waals surface area contributed by atoms with E-state index in [0.717, 1.165) is 6.07 Å². The maximum absolute atomic E-state index is 13.8. The van der Waals surface area contributed by atoms with Gasteiger partial charge in [-0.1, -0.05) is 30.3 Å². The number of benzene rings is 2. The van der Waals surface area contributed by atoms with Gasteiger partial charge in [-0.3, -0.25) is 0 Å². The van der Waals surface area contributed by atoms with Crippen molar-refractivity contribution in [2.24, 2.45) is 0 Å². The van der Waals surface area contributed by atoms with Crippen LogP contribution in [0.5, 0.6) is 0 Å². The number of nitrogens with one attached hydrogen (secondary N) is 1. The first kappa shape index (κ1) is 14.7. The highest BCUT2D eigenvalue weighted by molar-refractivity contribution is 5.29. The fraction of sp³-hybridized carbons (Fsp3) is 0.294. The highest BCUT2D eigenvalue weighted by Crippen LogP contribution is 2.23. The summed E-state index contributed by atoms with van der Waals surface area (Å²) in [7, 11) is 0. The summed E-state index contributed by atoms with van der Waals surface area (Å²) in [5.41, 5.74) is 2.85. The van der Waals surface area contributed by atoms with Gasteiger partial charge in [-0.15, -0.1) is 0 Å². The smallest absolute Gasteiger partial charge is 0.130 e. The molecule has 0 bridgehead atoms. The lowest BCUT2D eigenvalue weighted by Gasteiger charge is -2.22. The standard InChI is InChI=1S/C17H19F2N/c1-11-6-4-5-7-15(11)12(2)20-13(3)16-9-8-14(18)10-17(16)19/h4-10,12-13,20H,1-3H3/t12-,13?/m0/s1. The van der Waals surface area contributed by atoms with Crippen LogP contribution in [0.3, 0.4) is 0 Å². The van der Waals surface area contributed by atoms with E-state index in [1.165, 1.54) is 23.3 Å². The summed E-state index contributed by atoms with van der Waals surface area (Å²) in [4.78, 5) is 0. The summed E-state index contributed by atoms with van der Waals surface area (Å²) in [6.07, 6.45) is 0. The summed E-state index contributed by atoms with van der Waals surface area (Å²) < 4.78 is 26.7. The first-order valence-corrected chi connectivity index (χ1v) is 6.75. The minimum atomic E-state index is -0.551. The second-order valence-electron chi connectivity index (χ2n) is 5.13. The van der Waals surface area contributed by atoms with Gasteiger partial charge in [0.2, 0.25) is 0 Å². The van der Waals surface area contributed by atoms with Gasteiger partial charge in [0.15, 0.2) is 0 Å². The molecule has 3 heteroatoms. The molecular formula is C17H19F2N. The lowest BCUT2D eigenvalue weighted by atomic mass is 10.0. The Hall–Kier alpha value is -1.74. The number of rotatable bonds is 4. The van der Waals surface area contributed by atoms with Crippen LogP contribution in [0.4, 0.5) is 8.78 Å². The lowest BCUT2D eigenvalue weighted by Crippen LogP contribution is -2.23. The van der Waals surface area contributed by atoms with Crippen molar-refractivity contribution in [1.82, 2.24) is 5.32 Å². The molecule has 0 aliphatic heterocycles. The molecule has 0 saturated heterocycles. The van der Waals surface area contributed by atoms with Crippen molar-refractivity contribution in [1.29, 1.82) is 0 Å². The Morgan fingerprint density at radius 2 is 1.55 bits per heavy atom. The Bertz CT molecular complexity index is 595. The van der Waals surface area contributed by atoms with Crippen molar-refractivity contribution in [2.75, 3.05) is 0 Å². The summed E-state index contributed by atoms with van der Waals surface area (Å²) in [5.74, 6) is -1.06. The van der Waals surface area contributed by atoms with Crippen LogP contribution < -0.4 is 5.32 Å². The normalized spacial score (nSPS) is 14.1. The SMILES string of the molecule is Cc1ccccc1[C@H](C)NC(C)c1ccc(F)cc1F. The van der Waals surface area contributed by atoms with E-state index in [1.807, 2.05) is 26.0 Å². The van der Waals surface area contributed by atoms with Gasteiger partial charge >= 0.3 is 0 Å². The minimum Gasteiger partial charge on any atom is -0.304 e. The van der Waals surface area contributed by atoms with E-state index in [4.69, 9.17) is 0 Å². The van der Waals surface area contributed by atoms with E-state index >= 15 is 0 Å². The van der Waals surface area contributed by atoms with E-state index in [0.29, 0.717) is 5.56 Å². The molecule has 106 valence electrons. The first-order valence-electron chi connectivity index (χ1n) is 6.75. The number of aryl methyl sites for hydroxylation is 1. The predicted molar refractivity (Wildman–Crippen MR) is 77.5 cm³/mol. The molecule has 0 amide bonds. The minimum absolute atomic E-state index is 0.0932. The van der Waals surface area contributed by atoms with E-state index < -0.39 is 11.6 Å². The van der Waals surface area contributed by atoms with Gasteiger partial charge < -0.3 is 5.32 Å². The quantitative estimate of drug-likeness (QED) is 0.854. The molecule has 1 unspecified atom stereocenters. The Morgan fingerprint density at radius 3 is 2.20 bits per heavy atom. The maximum atomic E-state index is 13.8. The van der Waals surface area contributed by atoms with Crippen LogP contribution >= 0.6 is 0 Å². The Labute approximate surface area is 118 Å². The molecule has 20 heavy (non-hydrogen) atoms. The molecule has 0 radical (unpaired) electrons. The number of hydrogen-bond acceptors (Lipinski definition) is 1. The lowest BCUT2D eigenvalue weighted by molar-refractivity contribution is 0.469. The Morgan fingerprint density at radius 1 is 0.900 bits per heavy atom. The van der Waals surface area contributed by atoms with E-state index in [9.17, 15) is 8.78 Å². The highest BCUT2D eigenvalue weighted by Gasteiger charge is 2.15. The molecule has 0 aliphatic rings. The molecule has 0 saturated carbocycles. The van der Waals surface area contributed by atoms with Gasteiger partial charge in [0, 0.05) is 23.7 Å². The van der Waals surface area contributed by atoms with Crippen molar-refractivity contribution in [2.45, 2.75) is 32.9 Å². The van der Waals surface area contributed by atoms with Gasteiger partial charge in [-0.2, -0.15) is 0 Å². The van der Waals surface area contributed by atoms with Gasteiger partial charge in [0.25, 0.3) is 0 Å². The molecule has 2 aromatic rings. The molecule has 0 fully saturated rings. The summed E-state index contributed by atoms with van der Waals surface area (Å²) >= 11 is 0. The van der Waals surface area contributed by atoms with Crippen LogP contribution in [0.15, 0.2) is 42.5 Å². The van der Waals surface area contributed by atoms with Crippen LogP contribution in [0.1, 0.15) is 42.6 Å². The van der Waals surface area contributed by atoms with Crippen LogP contribution in [-0.4, -0.2) is 0 Å². The third-order valence-electron chi connectivity index (χ3n) is 3.58. The zero-order valence-corrected chi connectivity index (χ0v) is 12.0. The number of hydrogen-bond donors (Lipinski definition) is 1. The zero-order valence-electron chi connectivity index (χ0n) is 12.0. The third-order valence-corrected chi connectivity index (χ3v) is 3.58. The highest BCUT2D eigenvalue weighted by atomic mass is 19.1. The van der Waals surface area contributed by atoms with Gasteiger partial charge in [0.1, 0.15) is 11.6 Å². The van der Waals surface area contributed by atoms with E-state index in [2.05, 4.69) is 24.4 Å². The van der Waals surface area contributed by atoms with Crippen LogP contribution in [0.25, 0.3) is 0 Å². The van der Waals surface area contributed by atoms with Crippen molar-refractivity contribution >= 4 is 0 Å². The molecular weight excluding hydrogens is 256 g/mol. The molecule has 0 heterocycles. The zero-order chi connectivity index (χ0) is 14.7. The molecule has 2 rings (SSSR count). The third kappa shape index (κ3) is 3.23. The van der Waals surface area contributed by atoms with Gasteiger partial charge in [-0.05, 0) is 38.0 Å². The molecule has 2 aromatic carbocycles. The van der Waals surface area contributed by atoms with E-state index in [-0.39, 0.29) is 12.1 Å². The predicted octanol–water partition coefficient (Wildman–Crippen LogP) is 4.69. The van der Waals surface area contributed by atoms with Gasteiger partial charge in [0.05, 0.1) is 0 Å². The Kier molecular flexibility index (Phi) is 4.50. The van der Waals surface area contributed by atoms with Crippen molar-refractivity contribution < 1.29 is 8.78 Å². The fourth-order valence-corrected chi connectivity index (χ4v) is 2.48. The average Bonchev–Trinajstić information content (AvgIpc) is 2.38. The fourth-order valence-electron chi connectivity index (χ4n) is 2.48. The monoisotopic (exact) mass is 275 g/mol.